The Balaban J connectivity index is 2.07. The van der Waals surface area contributed by atoms with Crippen molar-refractivity contribution < 1.29 is 0 Å². The van der Waals surface area contributed by atoms with Gasteiger partial charge in [-0.05, 0) is 40.6 Å². The van der Waals surface area contributed by atoms with Gasteiger partial charge in [0, 0.05) is 15.7 Å². The maximum Gasteiger partial charge on any atom is 0.0543 e. The van der Waals surface area contributed by atoms with Crippen LogP contribution in [-0.2, 0) is 5.75 Å². The molecule has 0 aliphatic heterocycles. The molecule has 0 aliphatic carbocycles. The van der Waals surface area contributed by atoms with Crippen LogP contribution in [0.15, 0.2) is 39.9 Å². The topological polar surface area (TPSA) is 0 Å². The molecule has 4 heteroatoms. The summed E-state index contributed by atoms with van der Waals surface area (Å²) in [6, 6.07) is 7.66. The molecule has 2 rings (SSSR count). The minimum atomic E-state index is 0.729. The molecule has 1 aromatic carbocycles. The molecule has 0 aliphatic rings. The van der Waals surface area contributed by atoms with Gasteiger partial charge in [0.1, 0.15) is 0 Å². The zero-order valence-electron chi connectivity index (χ0n) is 7.74. The highest BCUT2D eigenvalue weighted by molar-refractivity contribution is 7.98. The summed E-state index contributed by atoms with van der Waals surface area (Å²) in [5.41, 5.74) is 1.32. The van der Waals surface area contributed by atoms with Gasteiger partial charge in [0.2, 0.25) is 0 Å². The second kappa shape index (κ2) is 5.26. The fourth-order valence-corrected chi connectivity index (χ4v) is 3.33. The van der Waals surface area contributed by atoms with Crippen LogP contribution in [0.25, 0.3) is 0 Å². The van der Waals surface area contributed by atoms with Gasteiger partial charge in [-0.3, -0.25) is 0 Å². The molecule has 0 N–H and O–H groups in total. The average molecular weight is 275 g/mol. The molecule has 0 fully saturated rings. The number of benzene rings is 1. The van der Waals surface area contributed by atoms with E-state index in [-0.39, 0.29) is 0 Å². The Morgan fingerprint density at radius 2 is 2.07 bits per heavy atom. The number of thiophene rings is 1. The molecule has 15 heavy (non-hydrogen) atoms. The predicted molar refractivity (Wildman–Crippen MR) is 70.3 cm³/mol. The molecule has 0 saturated heterocycles. The minimum Gasteiger partial charge on any atom is -0.152 e. The van der Waals surface area contributed by atoms with Crippen molar-refractivity contribution in [2.75, 3.05) is 0 Å². The molecule has 1 aromatic heterocycles. The lowest BCUT2D eigenvalue weighted by atomic mass is 10.4. The molecule has 1 heterocycles. The lowest BCUT2D eigenvalue weighted by Crippen LogP contribution is -1.78. The maximum absolute atomic E-state index is 6.06. The first kappa shape index (κ1) is 11.3. The van der Waals surface area contributed by atoms with Crippen LogP contribution in [0.1, 0.15) is 5.56 Å². The van der Waals surface area contributed by atoms with Gasteiger partial charge in [0.15, 0.2) is 0 Å². The third-order valence-electron chi connectivity index (χ3n) is 1.87. The highest BCUT2D eigenvalue weighted by atomic mass is 35.5. The number of thioether (sulfide) groups is 1. The standard InChI is InChI=1S/C11H8Cl2S2/c12-9-1-2-10(13)11(5-9)15-7-8-3-4-14-6-8/h1-6H,7H2. The first-order chi connectivity index (χ1) is 7.25. The van der Waals surface area contributed by atoms with E-state index in [0.717, 1.165) is 20.7 Å². The van der Waals surface area contributed by atoms with E-state index in [2.05, 4.69) is 16.8 Å². The van der Waals surface area contributed by atoms with E-state index < -0.39 is 0 Å². The van der Waals surface area contributed by atoms with Crippen molar-refractivity contribution in [2.24, 2.45) is 0 Å². The molecule has 0 radical (unpaired) electrons. The molecule has 0 atom stereocenters. The van der Waals surface area contributed by atoms with E-state index >= 15 is 0 Å². The Hall–Kier alpha value is -0.150. The molecule has 0 saturated carbocycles. The van der Waals surface area contributed by atoms with Crippen molar-refractivity contribution in [3.63, 3.8) is 0 Å². The van der Waals surface area contributed by atoms with Crippen LogP contribution in [0.5, 0.6) is 0 Å². The van der Waals surface area contributed by atoms with E-state index in [1.165, 1.54) is 5.56 Å². The summed E-state index contributed by atoms with van der Waals surface area (Å²) < 4.78 is 0. The zero-order chi connectivity index (χ0) is 10.7. The Labute approximate surface area is 107 Å². The lowest BCUT2D eigenvalue weighted by Gasteiger charge is -2.03. The minimum absolute atomic E-state index is 0.729. The zero-order valence-corrected chi connectivity index (χ0v) is 10.9. The molecule has 0 spiro atoms. The molecular weight excluding hydrogens is 267 g/mol. The summed E-state index contributed by atoms with van der Waals surface area (Å²) in [7, 11) is 0. The SMILES string of the molecule is Clc1ccc(Cl)c(SCc2ccsc2)c1. The molecule has 78 valence electrons. The van der Waals surface area contributed by atoms with Crippen LogP contribution >= 0.6 is 46.3 Å². The highest BCUT2D eigenvalue weighted by Crippen LogP contribution is 2.32. The number of hydrogen-bond donors (Lipinski definition) is 0. The van der Waals surface area contributed by atoms with E-state index in [4.69, 9.17) is 23.2 Å². The van der Waals surface area contributed by atoms with Crippen molar-refractivity contribution in [1.82, 2.24) is 0 Å². The van der Waals surface area contributed by atoms with Crippen LogP contribution in [0.2, 0.25) is 10.0 Å². The monoisotopic (exact) mass is 274 g/mol. The predicted octanol–water partition coefficient (Wildman–Crippen LogP) is 5.35. The van der Waals surface area contributed by atoms with Gasteiger partial charge < -0.3 is 0 Å². The summed E-state index contributed by atoms with van der Waals surface area (Å²) in [5, 5.41) is 5.72. The Morgan fingerprint density at radius 3 is 2.80 bits per heavy atom. The van der Waals surface area contributed by atoms with Crippen LogP contribution in [0.3, 0.4) is 0 Å². The Morgan fingerprint density at radius 1 is 1.20 bits per heavy atom. The maximum atomic E-state index is 6.06. The molecular formula is C11H8Cl2S2. The third-order valence-corrected chi connectivity index (χ3v) is 4.40. The number of rotatable bonds is 3. The van der Waals surface area contributed by atoms with Crippen LogP contribution in [0.4, 0.5) is 0 Å². The summed E-state index contributed by atoms with van der Waals surface area (Å²) >= 11 is 15.4. The smallest absolute Gasteiger partial charge is 0.0543 e. The lowest BCUT2D eigenvalue weighted by molar-refractivity contribution is 1.41. The highest BCUT2D eigenvalue weighted by Gasteiger charge is 2.02. The number of hydrogen-bond acceptors (Lipinski definition) is 2. The molecule has 0 bridgehead atoms. The van der Waals surface area contributed by atoms with Crippen molar-refractivity contribution in [3.05, 3.63) is 50.6 Å². The van der Waals surface area contributed by atoms with Crippen LogP contribution in [0, 0.1) is 0 Å². The first-order valence-electron chi connectivity index (χ1n) is 4.34. The second-order valence-electron chi connectivity index (χ2n) is 3.00. The molecule has 0 nitrogen and oxygen atoms in total. The van der Waals surface area contributed by atoms with Gasteiger partial charge in [0.05, 0.1) is 5.02 Å². The first-order valence-corrected chi connectivity index (χ1v) is 7.03. The van der Waals surface area contributed by atoms with Gasteiger partial charge in [-0.1, -0.05) is 23.2 Å². The van der Waals surface area contributed by atoms with Gasteiger partial charge in [-0.15, -0.1) is 11.8 Å². The average Bonchev–Trinajstić information content (AvgIpc) is 2.72. The molecule has 2 aromatic rings. The molecule has 0 unspecified atom stereocenters. The summed E-state index contributed by atoms with van der Waals surface area (Å²) in [6.45, 7) is 0. The fraction of sp³-hybridized carbons (Fsp3) is 0.0909. The fourth-order valence-electron chi connectivity index (χ4n) is 1.12. The Kier molecular flexibility index (Phi) is 3.98. The van der Waals surface area contributed by atoms with E-state index in [0.29, 0.717) is 0 Å². The summed E-state index contributed by atoms with van der Waals surface area (Å²) in [4.78, 5) is 1.04. The van der Waals surface area contributed by atoms with E-state index in [9.17, 15) is 0 Å². The quantitative estimate of drug-likeness (QED) is 0.681. The molecule has 0 amide bonds. The van der Waals surface area contributed by atoms with Crippen molar-refractivity contribution >= 4 is 46.3 Å². The largest absolute Gasteiger partial charge is 0.152 e. The van der Waals surface area contributed by atoms with E-state index in [1.807, 2.05) is 12.1 Å². The van der Waals surface area contributed by atoms with Gasteiger partial charge >= 0.3 is 0 Å². The number of halogens is 2. The van der Waals surface area contributed by atoms with Gasteiger partial charge in [0.25, 0.3) is 0 Å². The van der Waals surface area contributed by atoms with Gasteiger partial charge in [-0.2, -0.15) is 11.3 Å². The van der Waals surface area contributed by atoms with Crippen LogP contribution < -0.4 is 0 Å². The Bertz CT molecular complexity index is 438. The van der Waals surface area contributed by atoms with Gasteiger partial charge in [-0.25, -0.2) is 0 Å². The normalized spacial score (nSPS) is 10.5. The van der Waals surface area contributed by atoms with Crippen LogP contribution in [-0.4, -0.2) is 0 Å². The van der Waals surface area contributed by atoms with E-state index in [1.54, 1.807) is 29.2 Å². The second-order valence-corrected chi connectivity index (χ2v) is 5.64. The summed E-state index contributed by atoms with van der Waals surface area (Å²) in [5.74, 6) is 0.934. The van der Waals surface area contributed by atoms with Crippen molar-refractivity contribution in [1.29, 1.82) is 0 Å². The summed E-state index contributed by atoms with van der Waals surface area (Å²) in [6.07, 6.45) is 0. The third kappa shape index (κ3) is 3.15. The van der Waals surface area contributed by atoms with Crippen molar-refractivity contribution in [3.8, 4) is 0 Å². The van der Waals surface area contributed by atoms with Crippen molar-refractivity contribution in [2.45, 2.75) is 10.6 Å².